The van der Waals surface area contributed by atoms with Crippen molar-refractivity contribution in [3.8, 4) is 0 Å². The summed E-state index contributed by atoms with van der Waals surface area (Å²) >= 11 is 0. The average molecular weight is 310 g/mol. The van der Waals surface area contributed by atoms with Crippen molar-refractivity contribution in [2.45, 2.75) is 44.0 Å². The molecule has 1 fully saturated rings. The van der Waals surface area contributed by atoms with Gasteiger partial charge in [-0.25, -0.2) is 4.98 Å². The van der Waals surface area contributed by atoms with E-state index < -0.39 is 0 Å². The zero-order valence-corrected chi connectivity index (χ0v) is 14.1. The summed E-state index contributed by atoms with van der Waals surface area (Å²) in [5.74, 6) is 7.03. The van der Waals surface area contributed by atoms with Gasteiger partial charge in [-0.2, -0.15) is 15.5 Å². The fourth-order valence-corrected chi connectivity index (χ4v) is 4.04. The molecule has 2 aliphatic heterocycles. The predicted octanol–water partition coefficient (Wildman–Crippen LogP) is 2.75. The molecule has 0 saturated carbocycles. The van der Waals surface area contributed by atoms with E-state index in [2.05, 4.69) is 26.5 Å². The normalized spacial score (nSPS) is 21.2. The lowest BCUT2D eigenvalue weighted by Crippen LogP contribution is -2.28. The lowest BCUT2D eigenvalue weighted by Gasteiger charge is -2.25. The van der Waals surface area contributed by atoms with Crippen LogP contribution >= 0.6 is 10.5 Å². The standard InChI is InChI=1S/C13H20N4OS.C2H6/c1-14-13-16-10-5-8-19(2)11(10)12(17-13)15-9-3-6-18-7-4-9;1-2/h9H,2-8H2,1H3,(H2,14,15,16,17);1-2H3. The first-order valence-corrected chi connectivity index (χ1v) is 9.27. The Morgan fingerprint density at radius 3 is 2.62 bits per heavy atom. The summed E-state index contributed by atoms with van der Waals surface area (Å²) in [6, 6.07) is 0.454. The van der Waals surface area contributed by atoms with Crippen molar-refractivity contribution >= 4 is 28.1 Å². The molecule has 3 heterocycles. The lowest BCUT2D eigenvalue weighted by atomic mass is 10.1. The van der Waals surface area contributed by atoms with Gasteiger partial charge in [0, 0.05) is 26.3 Å². The SMILES string of the molecule is C=S1CCc2nc(NC)nc(NC3CCOCC3)c21.CC. The maximum atomic E-state index is 5.40. The van der Waals surface area contributed by atoms with Crippen molar-refractivity contribution < 1.29 is 4.74 Å². The molecule has 2 aliphatic rings. The first kappa shape index (κ1) is 16.2. The molecule has 6 heteroatoms. The van der Waals surface area contributed by atoms with Crippen LogP contribution in [0.2, 0.25) is 0 Å². The topological polar surface area (TPSA) is 59.1 Å². The Balaban J connectivity index is 0.000000774. The molecule has 3 rings (SSSR count). The van der Waals surface area contributed by atoms with E-state index in [1.165, 1.54) is 4.90 Å². The molecule has 5 nitrogen and oxygen atoms in total. The van der Waals surface area contributed by atoms with Gasteiger partial charge in [0.05, 0.1) is 10.6 Å². The fourth-order valence-electron chi connectivity index (χ4n) is 2.54. The molecule has 1 atom stereocenters. The Bertz CT molecular complexity index is 501. The van der Waals surface area contributed by atoms with Gasteiger partial charge in [-0.05, 0) is 25.0 Å². The predicted molar refractivity (Wildman–Crippen MR) is 91.9 cm³/mol. The molecule has 1 unspecified atom stereocenters. The average Bonchev–Trinajstić information content (AvgIpc) is 2.92. The van der Waals surface area contributed by atoms with Crippen LogP contribution in [0.15, 0.2) is 4.90 Å². The third-order valence-electron chi connectivity index (χ3n) is 3.60. The fraction of sp³-hybridized carbons (Fsp3) is 0.667. The molecule has 0 radical (unpaired) electrons. The number of nitrogens with one attached hydrogen (secondary N) is 2. The molecule has 0 bridgehead atoms. The minimum absolute atomic E-state index is 0.0296. The summed E-state index contributed by atoms with van der Waals surface area (Å²) in [5.41, 5.74) is 1.16. The number of hydrogen-bond acceptors (Lipinski definition) is 5. The van der Waals surface area contributed by atoms with E-state index in [0.717, 1.165) is 49.7 Å². The van der Waals surface area contributed by atoms with Gasteiger partial charge >= 0.3 is 0 Å². The van der Waals surface area contributed by atoms with E-state index in [-0.39, 0.29) is 10.5 Å². The van der Waals surface area contributed by atoms with Crippen molar-refractivity contribution in [1.29, 1.82) is 0 Å². The van der Waals surface area contributed by atoms with E-state index in [1.54, 1.807) is 0 Å². The maximum absolute atomic E-state index is 5.40. The molecule has 1 saturated heterocycles. The molecule has 118 valence electrons. The van der Waals surface area contributed by atoms with Gasteiger partial charge in [-0.3, -0.25) is 0 Å². The third-order valence-corrected chi connectivity index (χ3v) is 5.30. The molecule has 0 aromatic carbocycles. The van der Waals surface area contributed by atoms with Crippen molar-refractivity contribution in [2.75, 3.05) is 36.6 Å². The van der Waals surface area contributed by atoms with Crippen LogP contribution in [-0.2, 0) is 11.2 Å². The molecule has 0 spiro atoms. The monoisotopic (exact) mass is 310 g/mol. The minimum Gasteiger partial charge on any atom is -0.381 e. The first-order valence-electron chi connectivity index (χ1n) is 7.71. The number of aromatic nitrogens is 2. The van der Waals surface area contributed by atoms with Crippen LogP contribution in [0.5, 0.6) is 0 Å². The number of fused-ring (bicyclic) bond motifs is 1. The zero-order chi connectivity index (χ0) is 15.2. The van der Waals surface area contributed by atoms with Crippen LogP contribution in [0.25, 0.3) is 0 Å². The Hall–Kier alpha value is -1.14. The summed E-state index contributed by atoms with van der Waals surface area (Å²) in [6.45, 7) is 5.67. The minimum atomic E-state index is 0.0296. The van der Waals surface area contributed by atoms with Gasteiger partial charge < -0.3 is 15.4 Å². The molecule has 21 heavy (non-hydrogen) atoms. The molecule has 0 aliphatic carbocycles. The lowest BCUT2D eigenvalue weighted by molar-refractivity contribution is 0.0903. The van der Waals surface area contributed by atoms with Crippen LogP contribution in [0.1, 0.15) is 32.4 Å². The van der Waals surface area contributed by atoms with Crippen molar-refractivity contribution in [3.05, 3.63) is 5.69 Å². The highest BCUT2D eigenvalue weighted by Crippen LogP contribution is 2.40. The molecule has 1 aromatic heterocycles. The molecule has 0 amide bonds. The Labute approximate surface area is 129 Å². The Morgan fingerprint density at radius 2 is 1.95 bits per heavy atom. The van der Waals surface area contributed by atoms with Crippen molar-refractivity contribution in [3.63, 3.8) is 0 Å². The highest BCUT2D eigenvalue weighted by molar-refractivity contribution is 8.14. The summed E-state index contributed by atoms with van der Waals surface area (Å²) in [7, 11) is 1.89. The van der Waals surface area contributed by atoms with Gasteiger partial charge in [-0.15, -0.1) is 0 Å². The number of ether oxygens (including phenoxy) is 1. The van der Waals surface area contributed by atoms with Gasteiger partial charge in [0.25, 0.3) is 0 Å². The Morgan fingerprint density at radius 1 is 1.24 bits per heavy atom. The second kappa shape index (κ2) is 7.75. The summed E-state index contributed by atoms with van der Waals surface area (Å²) in [5, 5.41) is 6.63. The van der Waals surface area contributed by atoms with Crippen LogP contribution in [-0.4, -0.2) is 47.9 Å². The van der Waals surface area contributed by atoms with Crippen LogP contribution in [0.3, 0.4) is 0 Å². The van der Waals surface area contributed by atoms with Gasteiger partial charge in [0.1, 0.15) is 5.82 Å². The third kappa shape index (κ3) is 3.74. The molecule has 1 aromatic rings. The van der Waals surface area contributed by atoms with Crippen LogP contribution < -0.4 is 10.6 Å². The second-order valence-electron chi connectivity index (χ2n) is 4.90. The smallest absolute Gasteiger partial charge is 0.224 e. The quantitative estimate of drug-likeness (QED) is 0.841. The molecule has 2 N–H and O–H groups in total. The molecular formula is C15H26N4OS. The highest BCUT2D eigenvalue weighted by Gasteiger charge is 2.24. The number of hydrogen-bond donors (Lipinski definition) is 2. The van der Waals surface area contributed by atoms with Gasteiger partial charge in [0.2, 0.25) is 5.95 Å². The number of rotatable bonds is 3. The van der Waals surface area contributed by atoms with E-state index in [9.17, 15) is 0 Å². The van der Waals surface area contributed by atoms with E-state index in [4.69, 9.17) is 4.74 Å². The number of aryl methyl sites for hydroxylation is 1. The van der Waals surface area contributed by atoms with Gasteiger partial charge in [0.15, 0.2) is 0 Å². The van der Waals surface area contributed by atoms with Gasteiger partial charge in [-0.1, -0.05) is 19.7 Å². The van der Waals surface area contributed by atoms with Crippen molar-refractivity contribution in [1.82, 2.24) is 9.97 Å². The van der Waals surface area contributed by atoms with Crippen molar-refractivity contribution in [2.24, 2.45) is 0 Å². The van der Waals surface area contributed by atoms with Crippen LogP contribution in [0.4, 0.5) is 11.8 Å². The highest BCUT2D eigenvalue weighted by atomic mass is 32.2. The molecular weight excluding hydrogens is 284 g/mol. The van der Waals surface area contributed by atoms with Crippen LogP contribution in [0, 0.1) is 0 Å². The van der Waals surface area contributed by atoms with E-state index in [1.807, 2.05) is 20.9 Å². The summed E-state index contributed by atoms with van der Waals surface area (Å²) in [6.07, 6.45) is 3.10. The van der Waals surface area contributed by atoms with E-state index in [0.29, 0.717) is 12.0 Å². The number of anilines is 2. The van der Waals surface area contributed by atoms with E-state index >= 15 is 0 Å². The zero-order valence-electron chi connectivity index (χ0n) is 13.2. The summed E-state index contributed by atoms with van der Waals surface area (Å²) in [4.78, 5) is 10.4. The Kier molecular flexibility index (Phi) is 5.99. The number of nitrogens with zero attached hydrogens (tertiary/aromatic N) is 2. The second-order valence-corrected chi connectivity index (χ2v) is 6.70. The maximum Gasteiger partial charge on any atom is 0.224 e. The first-order chi connectivity index (χ1) is 10.3. The largest absolute Gasteiger partial charge is 0.381 e. The summed E-state index contributed by atoms with van der Waals surface area (Å²) < 4.78 is 5.40.